The highest BCUT2D eigenvalue weighted by atomic mass is 16.1. The van der Waals surface area contributed by atoms with Crippen LogP contribution in [0.4, 0.5) is 0 Å². The standard InChI is InChI=1S/C12H16O/c1-9-4-3-7-12(2)8-10(13)5-6-11(9)12/h3,7,11H,1,4-6,8H2,2H3/t11-,12+/m0/s1. The summed E-state index contributed by atoms with van der Waals surface area (Å²) in [4.78, 5) is 11.4. The highest BCUT2D eigenvalue weighted by Crippen LogP contribution is 2.47. The van der Waals surface area contributed by atoms with Gasteiger partial charge in [-0.3, -0.25) is 4.79 Å². The van der Waals surface area contributed by atoms with Crippen molar-refractivity contribution in [3.05, 3.63) is 24.3 Å². The molecule has 70 valence electrons. The third kappa shape index (κ3) is 1.37. The van der Waals surface area contributed by atoms with Crippen LogP contribution < -0.4 is 0 Å². The molecule has 1 saturated carbocycles. The molecule has 0 amide bonds. The topological polar surface area (TPSA) is 17.1 Å². The lowest BCUT2D eigenvalue weighted by Crippen LogP contribution is -2.35. The van der Waals surface area contributed by atoms with E-state index in [0.29, 0.717) is 18.1 Å². The highest BCUT2D eigenvalue weighted by molar-refractivity contribution is 5.80. The fraction of sp³-hybridized carbons (Fsp3) is 0.583. The fourth-order valence-electron chi connectivity index (χ4n) is 2.74. The summed E-state index contributed by atoms with van der Waals surface area (Å²) in [6.07, 6.45) is 7.88. The predicted molar refractivity (Wildman–Crippen MR) is 53.4 cm³/mol. The van der Waals surface area contributed by atoms with Crippen LogP contribution >= 0.6 is 0 Å². The van der Waals surface area contributed by atoms with Crippen LogP contribution in [0.25, 0.3) is 0 Å². The molecule has 0 N–H and O–H groups in total. The lowest BCUT2D eigenvalue weighted by Gasteiger charge is -2.42. The number of allylic oxidation sites excluding steroid dienone is 3. The summed E-state index contributed by atoms with van der Waals surface area (Å²) in [5.74, 6) is 0.966. The van der Waals surface area contributed by atoms with Crippen molar-refractivity contribution in [3.63, 3.8) is 0 Å². The van der Waals surface area contributed by atoms with Crippen molar-refractivity contribution in [1.82, 2.24) is 0 Å². The molecular formula is C12H16O. The summed E-state index contributed by atoms with van der Waals surface area (Å²) in [5, 5.41) is 0. The first-order valence-electron chi connectivity index (χ1n) is 4.99. The van der Waals surface area contributed by atoms with E-state index >= 15 is 0 Å². The van der Waals surface area contributed by atoms with Gasteiger partial charge < -0.3 is 0 Å². The number of carbonyl (C=O) groups is 1. The largest absolute Gasteiger partial charge is 0.300 e. The molecule has 1 heteroatoms. The average molecular weight is 176 g/mol. The summed E-state index contributed by atoms with van der Waals surface area (Å²) in [6.45, 7) is 6.30. The van der Waals surface area contributed by atoms with Crippen molar-refractivity contribution in [1.29, 1.82) is 0 Å². The number of hydrogen-bond acceptors (Lipinski definition) is 1. The van der Waals surface area contributed by atoms with Crippen molar-refractivity contribution in [3.8, 4) is 0 Å². The zero-order valence-corrected chi connectivity index (χ0v) is 8.18. The van der Waals surface area contributed by atoms with Crippen LogP contribution in [0.3, 0.4) is 0 Å². The van der Waals surface area contributed by atoms with E-state index < -0.39 is 0 Å². The predicted octanol–water partition coefficient (Wildman–Crippen LogP) is 2.88. The summed E-state index contributed by atoms with van der Waals surface area (Å²) in [5.41, 5.74) is 1.41. The summed E-state index contributed by atoms with van der Waals surface area (Å²) >= 11 is 0. The Labute approximate surface area is 79.5 Å². The second-order valence-corrected chi connectivity index (χ2v) is 4.58. The van der Waals surface area contributed by atoms with Gasteiger partial charge in [-0.1, -0.05) is 31.2 Å². The van der Waals surface area contributed by atoms with Crippen LogP contribution in [0.2, 0.25) is 0 Å². The van der Waals surface area contributed by atoms with E-state index in [-0.39, 0.29) is 5.41 Å². The Bertz CT molecular complexity index is 287. The molecule has 0 aliphatic heterocycles. The summed E-state index contributed by atoms with van der Waals surface area (Å²) < 4.78 is 0. The van der Waals surface area contributed by atoms with E-state index in [0.717, 1.165) is 19.3 Å². The minimum Gasteiger partial charge on any atom is -0.300 e. The molecule has 2 aliphatic carbocycles. The smallest absolute Gasteiger partial charge is 0.133 e. The first-order valence-corrected chi connectivity index (χ1v) is 4.99. The molecule has 0 radical (unpaired) electrons. The Morgan fingerprint density at radius 2 is 2.38 bits per heavy atom. The maximum absolute atomic E-state index is 11.4. The zero-order valence-electron chi connectivity index (χ0n) is 8.18. The SMILES string of the molecule is C=C1CC=C[C@]2(C)CC(=O)CC[C@@H]12. The first kappa shape index (κ1) is 8.74. The Kier molecular flexibility index (Phi) is 1.90. The van der Waals surface area contributed by atoms with Gasteiger partial charge in [0, 0.05) is 12.8 Å². The van der Waals surface area contributed by atoms with Gasteiger partial charge in [0.1, 0.15) is 5.78 Å². The van der Waals surface area contributed by atoms with Crippen molar-refractivity contribution in [2.75, 3.05) is 0 Å². The normalized spacial score (nSPS) is 39.0. The molecule has 13 heavy (non-hydrogen) atoms. The van der Waals surface area contributed by atoms with E-state index in [1.54, 1.807) is 0 Å². The van der Waals surface area contributed by atoms with Gasteiger partial charge in [-0.2, -0.15) is 0 Å². The Hall–Kier alpha value is -0.850. The Balaban J connectivity index is 2.31. The van der Waals surface area contributed by atoms with Crippen LogP contribution in [0.1, 0.15) is 32.6 Å². The van der Waals surface area contributed by atoms with Crippen LogP contribution in [-0.2, 0) is 4.79 Å². The van der Waals surface area contributed by atoms with E-state index in [4.69, 9.17) is 0 Å². The molecule has 0 bridgehead atoms. The molecule has 1 nitrogen and oxygen atoms in total. The summed E-state index contributed by atoms with van der Waals surface area (Å²) in [6, 6.07) is 0. The third-order valence-electron chi connectivity index (χ3n) is 3.46. The maximum Gasteiger partial charge on any atom is 0.133 e. The van der Waals surface area contributed by atoms with Crippen molar-refractivity contribution in [2.24, 2.45) is 11.3 Å². The van der Waals surface area contributed by atoms with Gasteiger partial charge in [0.05, 0.1) is 0 Å². The van der Waals surface area contributed by atoms with E-state index in [9.17, 15) is 4.79 Å². The monoisotopic (exact) mass is 176 g/mol. The number of hydrogen-bond donors (Lipinski definition) is 0. The molecule has 0 heterocycles. The lowest BCUT2D eigenvalue weighted by molar-refractivity contribution is -0.123. The van der Waals surface area contributed by atoms with Gasteiger partial charge in [0.2, 0.25) is 0 Å². The van der Waals surface area contributed by atoms with Gasteiger partial charge in [0.15, 0.2) is 0 Å². The number of carbonyl (C=O) groups excluding carboxylic acids is 1. The number of ketones is 1. The maximum atomic E-state index is 11.4. The van der Waals surface area contributed by atoms with Gasteiger partial charge in [0.25, 0.3) is 0 Å². The lowest BCUT2D eigenvalue weighted by atomic mass is 9.62. The quantitative estimate of drug-likeness (QED) is 0.519. The number of rotatable bonds is 0. The van der Waals surface area contributed by atoms with Crippen molar-refractivity contribution >= 4 is 5.78 Å². The molecule has 0 aromatic heterocycles. The number of fused-ring (bicyclic) bond motifs is 1. The molecule has 2 aliphatic rings. The van der Waals surface area contributed by atoms with Crippen molar-refractivity contribution < 1.29 is 4.79 Å². The summed E-state index contributed by atoms with van der Waals surface area (Å²) in [7, 11) is 0. The molecule has 0 saturated heterocycles. The highest BCUT2D eigenvalue weighted by Gasteiger charge is 2.40. The van der Waals surface area contributed by atoms with Gasteiger partial charge >= 0.3 is 0 Å². The van der Waals surface area contributed by atoms with Crippen LogP contribution in [0.15, 0.2) is 24.3 Å². The minimum absolute atomic E-state index is 0.0880. The molecule has 1 fully saturated rings. The molecule has 2 rings (SSSR count). The van der Waals surface area contributed by atoms with E-state index in [1.165, 1.54) is 5.57 Å². The molecule has 0 aromatic rings. The first-order chi connectivity index (χ1) is 6.12. The third-order valence-corrected chi connectivity index (χ3v) is 3.46. The zero-order chi connectivity index (χ0) is 9.47. The minimum atomic E-state index is 0.0880. The average Bonchev–Trinajstić information content (AvgIpc) is 2.02. The Morgan fingerprint density at radius 3 is 3.15 bits per heavy atom. The molecule has 0 aromatic carbocycles. The molecule has 0 spiro atoms. The number of Topliss-reactive ketones (excluding diaryl/α,β-unsaturated/α-hetero) is 1. The van der Waals surface area contributed by atoms with Crippen LogP contribution in [-0.4, -0.2) is 5.78 Å². The van der Waals surface area contributed by atoms with Gasteiger partial charge in [-0.15, -0.1) is 0 Å². The Morgan fingerprint density at radius 1 is 1.62 bits per heavy atom. The second-order valence-electron chi connectivity index (χ2n) is 4.58. The van der Waals surface area contributed by atoms with Crippen molar-refractivity contribution in [2.45, 2.75) is 32.6 Å². The fourth-order valence-corrected chi connectivity index (χ4v) is 2.74. The molecular weight excluding hydrogens is 160 g/mol. The molecule has 2 atom stereocenters. The van der Waals surface area contributed by atoms with Gasteiger partial charge in [-0.05, 0) is 24.2 Å². The molecule has 0 unspecified atom stereocenters. The van der Waals surface area contributed by atoms with E-state index in [1.807, 2.05) is 0 Å². The van der Waals surface area contributed by atoms with E-state index in [2.05, 4.69) is 25.7 Å². The van der Waals surface area contributed by atoms with Gasteiger partial charge in [-0.25, -0.2) is 0 Å². The van der Waals surface area contributed by atoms with Crippen LogP contribution in [0, 0.1) is 11.3 Å². The second kappa shape index (κ2) is 2.83. The van der Waals surface area contributed by atoms with Crippen LogP contribution in [0.5, 0.6) is 0 Å².